The number of piperidine rings is 1. The van der Waals surface area contributed by atoms with Gasteiger partial charge in [-0.25, -0.2) is 4.98 Å². The Bertz CT molecular complexity index is 388. The zero-order chi connectivity index (χ0) is 13.9. The van der Waals surface area contributed by atoms with Gasteiger partial charge < -0.3 is 10.2 Å². The van der Waals surface area contributed by atoms with Crippen molar-refractivity contribution in [3.8, 4) is 0 Å². The highest BCUT2D eigenvalue weighted by atomic mass is 32.1. The summed E-state index contributed by atoms with van der Waals surface area (Å²) in [6.45, 7) is 13.4. The lowest BCUT2D eigenvalue weighted by Gasteiger charge is -2.30. The molecule has 4 nitrogen and oxygen atoms in total. The van der Waals surface area contributed by atoms with Crippen LogP contribution >= 0.6 is 11.5 Å². The molecule has 0 spiro atoms. The number of anilines is 1. The van der Waals surface area contributed by atoms with Crippen molar-refractivity contribution < 1.29 is 0 Å². The van der Waals surface area contributed by atoms with Crippen LogP contribution in [-0.4, -0.2) is 40.4 Å². The topological polar surface area (TPSA) is 41.0 Å². The first-order valence-electron chi connectivity index (χ1n) is 7.29. The second kappa shape index (κ2) is 6.18. The minimum Gasteiger partial charge on any atom is -0.360 e. The van der Waals surface area contributed by atoms with Gasteiger partial charge in [0.2, 0.25) is 5.13 Å². The standard InChI is InChI=1S/C14H26N4S/c1-5-18-8-6-11(7-9-18)10-15-13-16-12(17-19-13)14(2,3)4/h11H,5-10H2,1-4H3,(H,15,16,17). The van der Waals surface area contributed by atoms with E-state index in [2.05, 4.69) is 47.3 Å². The van der Waals surface area contributed by atoms with Crippen molar-refractivity contribution in [3.63, 3.8) is 0 Å². The summed E-state index contributed by atoms with van der Waals surface area (Å²) >= 11 is 1.49. The molecule has 2 heterocycles. The van der Waals surface area contributed by atoms with Crippen molar-refractivity contribution in [2.24, 2.45) is 5.92 Å². The number of rotatable bonds is 4. The predicted octanol–water partition coefficient (Wildman–Crippen LogP) is 2.98. The Morgan fingerprint density at radius 2 is 2.00 bits per heavy atom. The van der Waals surface area contributed by atoms with Gasteiger partial charge in [0, 0.05) is 23.5 Å². The molecule has 1 aromatic heterocycles. The van der Waals surface area contributed by atoms with Crippen LogP contribution in [0, 0.1) is 5.92 Å². The van der Waals surface area contributed by atoms with Gasteiger partial charge in [-0.1, -0.05) is 27.7 Å². The molecule has 19 heavy (non-hydrogen) atoms. The van der Waals surface area contributed by atoms with E-state index in [0.29, 0.717) is 0 Å². The molecule has 0 aromatic carbocycles. The van der Waals surface area contributed by atoms with E-state index >= 15 is 0 Å². The van der Waals surface area contributed by atoms with Gasteiger partial charge in [0.05, 0.1) is 0 Å². The van der Waals surface area contributed by atoms with Crippen molar-refractivity contribution in [1.29, 1.82) is 0 Å². The maximum absolute atomic E-state index is 4.58. The van der Waals surface area contributed by atoms with Gasteiger partial charge >= 0.3 is 0 Å². The summed E-state index contributed by atoms with van der Waals surface area (Å²) in [7, 11) is 0. The lowest BCUT2D eigenvalue weighted by molar-refractivity contribution is 0.198. The van der Waals surface area contributed by atoms with E-state index < -0.39 is 0 Å². The van der Waals surface area contributed by atoms with E-state index in [1.165, 1.54) is 44.0 Å². The molecule has 1 aliphatic rings. The van der Waals surface area contributed by atoms with Crippen LogP contribution in [-0.2, 0) is 5.41 Å². The van der Waals surface area contributed by atoms with Crippen molar-refractivity contribution in [1.82, 2.24) is 14.3 Å². The van der Waals surface area contributed by atoms with Crippen LogP contribution in [0.5, 0.6) is 0 Å². The first-order chi connectivity index (χ1) is 8.99. The van der Waals surface area contributed by atoms with E-state index in [1.54, 1.807) is 0 Å². The van der Waals surface area contributed by atoms with E-state index in [1.807, 2.05) is 0 Å². The molecule has 0 bridgehead atoms. The van der Waals surface area contributed by atoms with E-state index in [4.69, 9.17) is 0 Å². The smallest absolute Gasteiger partial charge is 0.202 e. The fraction of sp³-hybridized carbons (Fsp3) is 0.857. The minimum atomic E-state index is 0.0445. The molecule has 1 saturated heterocycles. The monoisotopic (exact) mass is 282 g/mol. The van der Waals surface area contributed by atoms with Gasteiger partial charge in [0.1, 0.15) is 5.82 Å². The Morgan fingerprint density at radius 3 is 2.53 bits per heavy atom. The van der Waals surface area contributed by atoms with E-state index in [-0.39, 0.29) is 5.41 Å². The maximum atomic E-state index is 4.58. The third-order valence-electron chi connectivity index (χ3n) is 3.79. The Labute approximate surface area is 120 Å². The molecule has 1 N–H and O–H groups in total. The van der Waals surface area contributed by atoms with Crippen molar-refractivity contribution >= 4 is 16.7 Å². The molecule has 1 aromatic rings. The van der Waals surface area contributed by atoms with Crippen LogP contribution in [0.15, 0.2) is 0 Å². The lowest BCUT2D eigenvalue weighted by atomic mass is 9.96. The predicted molar refractivity (Wildman–Crippen MR) is 81.9 cm³/mol. The maximum Gasteiger partial charge on any atom is 0.202 e. The van der Waals surface area contributed by atoms with E-state index in [0.717, 1.165) is 23.4 Å². The second-order valence-corrected chi connectivity index (χ2v) is 7.18. The molecular formula is C14H26N4S. The number of hydrogen-bond acceptors (Lipinski definition) is 5. The highest BCUT2D eigenvalue weighted by Gasteiger charge is 2.21. The molecule has 0 unspecified atom stereocenters. The fourth-order valence-electron chi connectivity index (χ4n) is 2.34. The third-order valence-corrected chi connectivity index (χ3v) is 4.47. The first kappa shape index (κ1) is 14.7. The normalized spacial score (nSPS) is 18.7. The van der Waals surface area contributed by atoms with Crippen molar-refractivity contribution in [2.45, 2.75) is 46.0 Å². The molecule has 0 aliphatic carbocycles. The van der Waals surface area contributed by atoms with Gasteiger partial charge in [-0.2, -0.15) is 4.37 Å². The van der Waals surface area contributed by atoms with Gasteiger partial charge in [0.25, 0.3) is 0 Å². The minimum absolute atomic E-state index is 0.0445. The molecule has 1 aliphatic heterocycles. The summed E-state index contributed by atoms with van der Waals surface area (Å²) in [4.78, 5) is 7.11. The zero-order valence-electron chi connectivity index (χ0n) is 12.6. The largest absolute Gasteiger partial charge is 0.360 e. The summed E-state index contributed by atoms with van der Waals surface area (Å²) in [5.74, 6) is 1.73. The van der Waals surface area contributed by atoms with Crippen LogP contribution in [0.4, 0.5) is 5.13 Å². The van der Waals surface area contributed by atoms with Crippen LogP contribution in [0.25, 0.3) is 0 Å². The molecule has 0 atom stereocenters. The highest BCUT2D eigenvalue weighted by Crippen LogP contribution is 2.24. The first-order valence-corrected chi connectivity index (χ1v) is 8.07. The van der Waals surface area contributed by atoms with Crippen LogP contribution in [0.3, 0.4) is 0 Å². The summed E-state index contributed by atoms with van der Waals surface area (Å²) in [5.41, 5.74) is 0.0445. The lowest BCUT2D eigenvalue weighted by Crippen LogP contribution is -2.35. The molecule has 0 saturated carbocycles. The number of nitrogens with one attached hydrogen (secondary N) is 1. The molecule has 108 valence electrons. The molecule has 0 radical (unpaired) electrons. The Balaban J connectivity index is 1.78. The second-order valence-electron chi connectivity index (χ2n) is 6.43. The number of nitrogens with zero attached hydrogens (tertiary/aromatic N) is 3. The van der Waals surface area contributed by atoms with Crippen LogP contribution in [0.1, 0.15) is 46.4 Å². The number of likely N-dealkylation sites (tertiary alicyclic amines) is 1. The summed E-state index contributed by atoms with van der Waals surface area (Å²) in [6.07, 6.45) is 2.59. The fourth-order valence-corrected chi connectivity index (χ4v) is 3.10. The van der Waals surface area contributed by atoms with Gasteiger partial charge in [-0.15, -0.1) is 0 Å². The number of hydrogen-bond donors (Lipinski definition) is 1. The Kier molecular flexibility index (Phi) is 4.79. The zero-order valence-corrected chi connectivity index (χ0v) is 13.4. The van der Waals surface area contributed by atoms with E-state index in [9.17, 15) is 0 Å². The average Bonchev–Trinajstić information content (AvgIpc) is 2.86. The summed E-state index contributed by atoms with van der Waals surface area (Å²) in [6, 6.07) is 0. The van der Waals surface area contributed by atoms with Gasteiger partial charge in [-0.05, 0) is 38.4 Å². The van der Waals surface area contributed by atoms with Crippen LogP contribution in [0.2, 0.25) is 0 Å². The molecular weight excluding hydrogens is 256 g/mol. The van der Waals surface area contributed by atoms with Crippen LogP contribution < -0.4 is 5.32 Å². The molecule has 2 rings (SSSR count). The van der Waals surface area contributed by atoms with Gasteiger partial charge in [0.15, 0.2) is 0 Å². The average molecular weight is 282 g/mol. The molecule has 1 fully saturated rings. The summed E-state index contributed by atoms with van der Waals surface area (Å²) < 4.78 is 4.44. The molecule has 0 amide bonds. The SMILES string of the molecule is CCN1CCC(CNc2nc(C(C)(C)C)ns2)CC1. The molecule has 5 heteroatoms. The third kappa shape index (κ3) is 4.14. The Morgan fingerprint density at radius 1 is 1.32 bits per heavy atom. The highest BCUT2D eigenvalue weighted by molar-refractivity contribution is 7.09. The van der Waals surface area contributed by atoms with Crippen molar-refractivity contribution in [2.75, 3.05) is 31.5 Å². The number of aromatic nitrogens is 2. The Hall–Kier alpha value is -0.680. The van der Waals surface area contributed by atoms with Gasteiger partial charge in [-0.3, -0.25) is 0 Å². The quantitative estimate of drug-likeness (QED) is 0.922. The van der Waals surface area contributed by atoms with Crippen molar-refractivity contribution in [3.05, 3.63) is 5.82 Å². The summed E-state index contributed by atoms with van der Waals surface area (Å²) in [5, 5.41) is 4.44.